The lowest BCUT2D eigenvalue weighted by Crippen LogP contribution is -2.50. The molecule has 47 heavy (non-hydrogen) atoms. The van der Waals surface area contributed by atoms with Crippen LogP contribution in [0.1, 0.15) is 78.0 Å². The first-order valence-corrected chi connectivity index (χ1v) is 17.1. The van der Waals surface area contributed by atoms with E-state index in [1.165, 1.54) is 0 Å². The molecule has 4 aliphatic rings. The number of aromatic nitrogens is 2. The Hall–Kier alpha value is -3.29. The van der Waals surface area contributed by atoms with Crippen LogP contribution in [0, 0.1) is 11.8 Å². The molecule has 1 spiro atoms. The first kappa shape index (κ1) is 35.0. The minimum absolute atomic E-state index is 0.0904. The lowest BCUT2D eigenvalue weighted by molar-refractivity contribution is -0.212. The molecule has 0 aromatic carbocycles. The van der Waals surface area contributed by atoms with Crippen LogP contribution < -0.4 is 9.64 Å². The van der Waals surface area contributed by atoms with Gasteiger partial charge in [-0.05, 0) is 72.9 Å². The van der Waals surface area contributed by atoms with E-state index in [-0.39, 0.29) is 29.5 Å². The number of hydrogen-bond acceptors (Lipinski definition) is 12. The van der Waals surface area contributed by atoms with Crippen LogP contribution in [0.4, 0.5) is 10.6 Å². The standard InChI is InChI=1S/C34H52N6O7/c1-6-7-12-25(30(41)26-13-8-9-14-34(26)45-20-21-46-34)29(37-43)31-35-27(22-28(36-31)44-23-24-11-10-15-38(24)5)39-16-18-40(19-17-39)32(42)47-33(2,3)4/h6,22,24-26,43H,1,7-21,23H2,2-5H3/b37-29+/t24-,25?,26+/m0/s1. The molecule has 1 saturated carbocycles. The second kappa shape index (κ2) is 15.3. The molecule has 0 bridgehead atoms. The van der Waals surface area contributed by atoms with Crippen LogP contribution in [0.5, 0.6) is 5.88 Å². The SMILES string of the molecule is C=CCCC(C(=O)[C@H]1CCCCC12OCCO2)/C(=N\O)c1nc(OC[C@@H]2CCCN2C)cc(N2CCN(C(=O)OC(C)(C)C)CC2)n1. The summed E-state index contributed by atoms with van der Waals surface area (Å²) in [6, 6.07) is 2.05. The molecule has 1 aromatic heterocycles. The first-order valence-electron chi connectivity index (χ1n) is 17.1. The quantitative estimate of drug-likeness (QED) is 0.158. The van der Waals surface area contributed by atoms with Crippen molar-refractivity contribution >= 4 is 23.4 Å². The summed E-state index contributed by atoms with van der Waals surface area (Å²) in [4.78, 5) is 42.7. The van der Waals surface area contributed by atoms with Gasteiger partial charge in [0, 0.05) is 44.7 Å². The Morgan fingerprint density at radius 3 is 2.51 bits per heavy atom. The maximum Gasteiger partial charge on any atom is 0.410 e. The van der Waals surface area contributed by atoms with E-state index in [4.69, 9.17) is 28.9 Å². The third kappa shape index (κ3) is 8.42. The summed E-state index contributed by atoms with van der Waals surface area (Å²) in [6.07, 6.45) is 7.54. The smallest absolute Gasteiger partial charge is 0.410 e. The van der Waals surface area contributed by atoms with E-state index in [9.17, 15) is 14.8 Å². The van der Waals surface area contributed by atoms with E-state index in [1.54, 1.807) is 17.0 Å². The molecular formula is C34H52N6O7. The minimum Gasteiger partial charge on any atom is -0.476 e. The molecule has 3 atom stereocenters. The molecule has 13 heteroatoms. The van der Waals surface area contributed by atoms with Gasteiger partial charge in [-0.2, -0.15) is 4.98 Å². The van der Waals surface area contributed by atoms with Crippen molar-refractivity contribution in [3.63, 3.8) is 0 Å². The highest BCUT2D eigenvalue weighted by Crippen LogP contribution is 2.43. The number of ether oxygens (including phenoxy) is 4. The van der Waals surface area contributed by atoms with Gasteiger partial charge in [-0.25, -0.2) is 9.78 Å². The number of hydrogen-bond donors (Lipinski definition) is 1. The zero-order valence-electron chi connectivity index (χ0n) is 28.5. The van der Waals surface area contributed by atoms with Crippen LogP contribution in [-0.2, 0) is 19.0 Å². The minimum atomic E-state index is -0.944. The fourth-order valence-electron chi connectivity index (χ4n) is 7.08. The number of carbonyl (C=O) groups excluding carboxylic acids is 2. The summed E-state index contributed by atoms with van der Waals surface area (Å²) in [5.74, 6) is -1.30. The number of carbonyl (C=O) groups is 2. The molecule has 1 amide bonds. The molecule has 1 aliphatic carbocycles. The summed E-state index contributed by atoms with van der Waals surface area (Å²) in [5.41, 5.74) is -0.491. The van der Waals surface area contributed by atoms with Crippen molar-refractivity contribution < 1.29 is 33.7 Å². The molecule has 0 radical (unpaired) electrons. The van der Waals surface area contributed by atoms with Gasteiger partial charge in [-0.3, -0.25) is 4.79 Å². The predicted molar refractivity (Wildman–Crippen MR) is 176 cm³/mol. The van der Waals surface area contributed by atoms with Crippen LogP contribution >= 0.6 is 0 Å². The second-order valence-corrected chi connectivity index (χ2v) is 14.0. The zero-order chi connectivity index (χ0) is 33.6. The lowest BCUT2D eigenvalue weighted by atomic mass is 9.74. The Labute approximate surface area is 278 Å². The van der Waals surface area contributed by atoms with E-state index in [1.807, 2.05) is 25.7 Å². The number of nitrogens with zero attached hydrogens (tertiary/aromatic N) is 6. The number of ketones is 1. The average Bonchev–Trinajstić information content (AvgIpc) is 3.69. The number of rotatable bonds is 11. The topological polar surface area (TPSA) is 139 Å². The number of piperazine rings is 1. The largest absolute Gasteiger partial charge is 0.476 e. The normalized spacial score (nSPS) is 24.4. The van der Waals surface area contributed by atoms with Crippen molar-refractivity contribution in [2.24, 2.45) is 17.0 Å². The van der Waals surface area contributed by atoms with Crippen LogP contribution in [0.2, 0.25) is 0 Å². The van der Waals surface area contributed by atoms with Crippen LogP contribution in [0.25, 0.3) is 0 Å². The Balaban J connectivity index is 1.43. The molecule has 4 heterocycles. The Kier molecular flexibility index (Phi) is 11.4. The van der Waals surface area contributed by atoms with Gasteiger partial charge in [0.1, 0.15) is 23.7 Å². The maximum absolute atomic E-state index is 14.4. The molecule has 1 unspecified atom stereocenters. The number of amides is 1. The van der Waals surface area contributed by atoms with Gasteiger partial charge >= 0.3 is 6.09 Å². The molecule has 1 N–H and O–H groups in total. The van der Waals surface area contributed by atoms with Gasteiger partial charge in [-0.15, -0.1) is 6.58 Å². The number of likely N-dealkylation sites (N-methyl/N-ethyl adjacent to an activating group) is 1. The summed E-state index contributed by atoms with van der Waals surface area (Å²) in [6.45, 7) is 13.7. The highest BCUT2D eigenvalue weighted by molar-refractivity contribution is 6.12. The summed E-state index contributed by atoms with van der Waals surface area (Å²) >= 11 is 0. The van der Waals surface area contributed by atoms with E-state index in [2.05, 4.69) is 23.7 Å². The van der Waals surface area contributed by atoms with Gasteiger partial charge in [0.05, 0.1) is 25.0 Å². The van der Waals surface area contributed by atoms with E-state index < -0.39 is 23.2 Å². The van der Waals surface area contributed by atoms with E-state index >= 15 is 0 Å². The highest BCUT2D eigenvalue weighted by Gasteiger charge is 2.51. The fourth-order valence-corrected chi connectivity index (χ4v) is 7.08. The number of allylic oxidation sites excluding steroid dienone is 1. The van der Waals surface area contributed by atoms with Crippen molar-refractivity contribution in [3.8, 4) is 5.88 Å². The Bertz CT molecular complexity index is 1290. The molecule has 3 saturated heterocycles. The molecule has 3 aliphatic heterocycles. The van der Waals surface area contributed by atoms with E-state index in [0.29, 0.717) is 83.4 Å². The molecule has 4 fully saturated rings. The van der Waals surface area contributed by atoms with Crippen molar-refractivity contribution in [1.82, 2.24) is 19.8 Å². The number of oxime groups is 1. The third-order valence-corrected chi connectivity index (χ3v) is 9.63. The first-order chi connectivity index (χ1) is 22.5. The van der Waals surface area contributed by atoms with Crippen molar-refractivity contribution in [1.29, 1.82) is 0 Å². The number of likely N-dealkylation sites (tertiary alicyclic amines) is 1. The van der Waals surface area contributed by atoms with Gasteiger partial charge in [0.2, 0.25) is 5.88 Å². The Morgan fingerprint density at radius 1 is 1.13 bits per heavy atom. The van der Waals surface area contributed by atoms with Crippen molar-refractivity contribution in [3.05, 3.63) is 24.5 Å². The maximum atomic E-state index is 14.4. The van der Waals surface area contributed by atoms with Gasteiger partial charge < -0.3 is 38.9 Å². The van der Waals surface area contributed by atoms with Gasteiger partial charge in [0.25, 0.3) is 0 Å². The van der Waals surface area contributed by atoms with E-state index in [0.717, 1.165) is 32.2 Å². The molecular weight excluding hydrogens is 604 g/mol. The summed E-state index contributed by atoms with van der Waals surface area (Å²) < 4.78 is 24.0. The summed E-state index contributed by atoms with van der Waals surface area (Å²) in [5, 5.41) is 14.2. The van der Waals surface area contributed by atoms with Crippen molar-refractivity contribution in [2.45, 2.75) is 89.6 Å². The fraction of sp³-hybridized carbons (Fsp3) is 0.735. The van der Waals surface area contributed by atoms with Crippen LogP contribution in [-0.4, -0.2) is 120 Å². The lowest BCUT2D eigenvalue weighted by Gasteiger charge is -2.39. The zero-order valence-corrected chi connectivity index (χ0v) is 28.5. The number of Topliss-reactive ketones (excluding diaryl/α,β-unsaturated/α-hetero) is 1. The van der Waals surface area contributed by atoms with Crippen LogP contribution in [0.3, 0.4) is 0 Å². The third-order valence-electron chi connectivity index (χ3n) is 9.63. The number of anilines is 1. The molecule has 13 nitrogen and oxygen atoms in total. The summed E-state index contributed by atoms with van der Waals surface area (Å²) in [7, 11) is 2.09. The van der Waals surface area contributed by atoms with Gasteiger partial charge in [-0.1, -0.05) is 17.7 Å². The predicted octanol–water partition coefficient (Wildman–Crippen LogP) is 4.27. The Morgan fingerprint density at radius 2 is 1.87 bits per heavy atom. The molecule has 260 valence electrons. The monoisotopic (exact) mass is 656 g/mol. The van der Waals surface area contributed by atoms with Gasteiger partial charge in [0.15, 0.2) is 17.4 Å². The van der Waals surface area contributed by atoms with Crippen molar-refractivity contribution in [2.75, 3.05) is 64.5 Å². The average molecular weight is 657 g/mol. The second-order valence-electron chi connectivity index (χ2n) is 14.0. The molecule has 5 rings (SSSR count). The molecule has 1 aromatic rings. The van der Waals surface area contributed by atoms with Crippen LogP contribution in [0.15, 0.2) is 23.9 Å². The highest BCUT2D eigenvalue weighted by atomic mass is 16.7.